The molecule has 0 bridgehead atoms. The van der Waals surface area contributed by atoms with E-state index < -0.39 is 18.0 Å². The molecule has 0 saturated carbocycles. The Morgan fingerprint density at radius 2 is 1.92 bits per heavy atom. The zero-order chi connectivity index (χ0) is 17.1. The number of carbonyl (C=O) groups excluding carboxylic acids is 2. The van der Waals surface area contributed by atoms with E-state index in [1.54, 1.807) is 37.3 Å². The van der Waals surface area contributed by atoms with Gasteiger partial charge in [-0.15, -0.1) is 0 Å². The maximum Gasteiger partial charge on any atom is 0.347 e. The molecule has 0 saturated heterocycles. The van der Waals surface area contributed by atoms with Crippen molar-refractivity contribution in [2.45, 2.75) is 25.4 Å². The van der Waals surface area contributed by atoms with Gasteiger partial charge < -0.3 is 9.47 Å². The van der Waals surface area contributed by atoms with Crippen LogP contribution in [0.1, 0.15) is 35.2 Å². The summed E-state index contributed by atoms with van der Waals surface area (Å²) in [6.45, 7) is 2.00. The van der Waals surface area contributed by atoms with Gasteiger partial charge in [-0.1, -0.05) is 41.9 Å². The van der Waals surface area contributed by atoms with E-state index in [4.69, 9.17) is 21.1 Å². The molecule has 0 amide bonds. The van der Waals surface area contributed by atoms with E-state index in [2.05, 4.69) is 0 Å². The summed E-state index contributed by atoms with van der Waals surface area (Å²) in [6, 6.07) is 14.2. The topological polar surface area (TPSA) is 52.6 Å². The Labute approximate surface area is 145 Å². The van der Waals surface area contributed by atoms with Crippen LogP contribution < -0.4 is 4.74 Å². The molecule has 3 rings (SSSR count). The van der Waals surface area contributed by atoms with Crippen LogP contribution in [0.15, 0.2) is 48.5 Å². The highest BCUT2D eigenvalue weighted by Crippen LogP contribution is 2.42. The SMILES string of the molecule is CCOC(=O)[C@H]1Oc2ccc(Cl)cc2[C@@H]1CC(=O)c1ccccc1. The average Bonchev–Trinajstić information content (AvgIpc) is 2.94. The van der Waals surface area contributed by atoms with Gasteiger partial charge in [-0.25, -0.2) is 4.79 Å². The van der Waals surface area contributed by atoms with E-state index in [-0.39, 0.29) is 18.8 Å². The van der Waals surface area contributed by atoms with Crippen LogP contribution in [0.4, 0.5) is 0 Å². The van der Waals surface area contributed by atoms with Gasteiger partial charge in [0.05, 0.1) is 6.61 Å². The van der Waals surface area contributed by atoms with Crippen molar-refractivity contribution in [3.63, 3.8) is 0 Å². The number of carbonyl (C=O) groups is 2. The van der Waals surface area contributed by atoms with E-state index in [1.807, 2.05) is 18.2 Å². The number of benzene rings is 2. The zero-order valence-corrected chi connectivity index (χ0v) is 14.0. The first kappa shape index (κ1) is 16.5. The third-order valence-electron chi connectivity index (χ3n) is 4.01. The fourth-order valence-corrected chi connectivity index (χ4v) is 3.07. The van der Waals surface area contributed by atoms with Crippen molar-refractivity contribution in [3.05, 3.63) is 64.7 Å². The van der Waals surface area contributed by atoms with Gasteiger partial charge in [0, 0.05) is 28.5 Å². The average molecular weight is 345 g/mol. The minimum atomic E-state index is -0.828. The molecule has 2 aromatic rings. The molecule has 0 N–H and O–H groups in total. The van der Waals surface area contributed by atoms with Gasteiger partial charge in [0.15, 0.2) is 5.78 Å². The Kier molecular flexibility index (Phi) is 4.86. The molecule has 2 atom stereocenters. The number of halogens is 1. The molecular weight excluding hydrogens is 328 g/mol. The molecule has 0 aliphatic carbocycles. The Morgan fingerprint density at radius 1 is 1.17 bits per heavy atom. The number of fused-ring (bicyclic) bond motifs is 1. The quantitative estimate of drug-likeness (QED) is 0.607. The van der Waals surface area contributed by atoms with Gasteiger partial charge in [0.1, 0.15) is 5.75 Å². The molecule has 1 aliphatic heterocycles. The van der Waals surface area contributed by atoms with Crippen LogP contribution in [0, 0.1) is 0 Å². The second-order valence-electron chi connectivity index (χ2n) is 5.57. The molecule has 0 unspecified atom stereocenters. The summed E-state index contributed by atoms with van der Waals surface area (Å²) in [6.07, 6.45) is -0.674. The minimum Gasteiger partial charge on any atom is -0.478 e. The molecule has 24 heavy (non-hydrogen) atoms. The highest BCUT2D eigenvalue weighted by molar-refractivity contribution is 6.30. The van der Waals surface area contributed by atoms with E-state index in [0.29, 0.717) is 16.3 Å². The summed E-state index contributed by atoms with van der Waals surface area (Å²) >= 11 is 6.07. The maximum absolute atomic E-state index is 12.6. The highest BCUT2D eigenvalue weighted by Gasteiger charge is 2.41. The summed E-state index contributed by atoms with van der Waals surface area (Å²) in [5, 5.41) is 0.541. The first-order valence-electron chi connectivity index (χ1n) is 7.81. The molecule has 1 heterocycles. The molecule has 1 aliphatic rings. The van der Waals surface area contributed by atoms with E-state index in [0.717, 1.165) is 5.56 Å². The number of hydrogen-bond acceptors (Lipinski definition) is 4. The number of Topliss-reactive ketones (excluding diaryl/α,β-unsaturated/α-hetero) is 1. The predicted octanol–water partition coefficient (Wildman–Crippen LogP) is 4.02. The van der Waals surface area contributed by atoms with Gasteiger partial charge in [-0.05, 0) is 25.1 Å². The van der Waals surface area contributed by atoms with Crippen LogP contribution in [-0.4, -0.2) is 24.5 Å². The zero-order valence-electron chi connectivity index (χ0n) is 13.2. The van der Waals surface area contributed by atoms with Crippen LogP contribution >= 0.6 is 11.6 Å². The van der Waals surface area contributed by atoms with Gasteiger partial charge in [-0.2, -0.15) is 0 Å². The third-order valence-corrected chi connectivity index (χ3v) is 4.25. The second-order valence-corrected chi connectivity index (χ2v) is 6.01. The lowest BCUT2D eigenvalue weighted by molar-refractivity contribution is -0.151. The van der Waals surface area contributed by atoms with Crippen molar-refractivity contribution in [2.75, 3.05) is 6.61 Å². The van der Waals surface area contributed by atoms with Crippen LogP contribution in [-0.2, 0) is 9.53 Å². The lowest BCUT2D eigenvalue weighted by Gasteiger charge is -2.17. The maximum atomic E-state index is 12.6. The number of ketones is 1. The largest absolute Gasteiger partial charge is 0.478 e. The van der Waals surface area contributed by atoms with Crippen molar-refractivity contribution in [3.8, 4) is 5.75 Å². The summed E-state index contributed by atoms with van der Waals surface area (Å²) in [5.41, 5.74) is 1.38. The highest BCUT2D eigenvalue weighted by atomic mass is 35.5. The second kappa shape index (κ2) is 7.05. The summed E-state index contributed by atoms with van der Waals surface area (Å²) in [4.78, 5) is 24.8. The van der Waals surface area contributed by atoms with Gasteiger partial charge in [0.25, 0.3) is 0 Å². The standard InChI is InChI=1S/C19H17ClO4/c1-2-23-19(22)18-15(11-16(21)12-6-4-3-5-7-12)14-10-13(20)8-9-17(14)24-18/h3-10,15,18H,2,11H2,1H3/t15-,18-/m0/s1. The van der Waals surface area contributed by atoms with Crippen molar-refractivity contribution in [1.82, 2.24) is 0 Å². The number of hydrogen-bond donors (Lipinski definition) is 0. The lowest BCUT2D eigenvalue weighted by Crippen LogP contribution is -2.32. The monoisotopic (exact) mass is 344 g/mol. The number of rotatable bonds is 5. The summed E-state index contributed by atoms with van der Waals surface area (Å²) in [5.74, 6) is -0.351. The summed E-state index contributed by atoms with van der Waals surface area (Å²) < 4.78 is 10.8. The van der Waals surface area contributed by atoms with Crippen molar-refractivity contribution < 1.29 is 19.1 Å². The fourth-order valence-electron chi connectivity index (χ4n) is 2.89. The smallest absolute Gasteiger partial charge is 0.347 e. The molecule has 0 spiro atoms. The first-order chi connectivity index (χ1) is 11.6. The van der Waals surface area contributed by atoms with Gasteiger partial charge in [-0.3, -0.25) is 4.79 Å². The minimum absolute atomic E-state index is 0.0497. The lowest BCUT2D eigenvalue weighted by atomic mass is 9.88. The molecule has 0 fully saturated rings. The number of esters is 1. The summed E-state index contributed by atoms with van der Waals surface area (Å²) in [7, 11) is 0. The van der Waals surface area contributed by atoms with Crippen molar-refractivity contribution >= 4 is 23.4 Å². The molecule has 0 aromatic heterocycles. The Bertz CT molecular complexity index is 757. The molecule has 4 nitrogen and oxygen atoms in total. The van der Waals surface area contributed by atoms with E-state index in [9.17, 15) is 9.59 Å². The van der Waals surface area contributed by atoms with Gasteiger partial charge >= 0.3 is 5.97 Å². The van der Waals surface area contributed by atoms with Crippen LogP contribution in [0.5, 0.6) is 5.75 Å². The van der Waals surface area contributed by atoms with Crippen LogP contribution in [0.25, 0.3) is 0 Å². The van der Waals surface area contributed by atoms with Crippen LogP contribution in [0.3, 0.4) is 0 Å². The number of ether oxygens (including phenoxy) is 2. The van der Waals surface area contributed by atoms with E-state index in [1.165, 1.54) is 0 Å². The molecule has 124 valence electrons. The fraction of sp³-hybridized carbons (Fsp3) is 0.263. The first-order valence-corrected chi connectivity index (χ1v) is 8.19. The Morgan fingerprint density at radius 3 is 2.62 bits per heavy atom. The van der Waals surface area contributed by atoms with Crippen molar-refractivity contribution in [2.24, 2.45) is 0 Å². The predicted molar refractivity (Wildman–Crippen MR) is 90.6 cm³/mol. The molecule has 5 heteroatoms. The van der Waals surface area contributed by atoms with E-state index >= 15 is 0 Å². The van der Waals surface area contributed by atoms with Gasteiger partial charge in [0.2, 0.25) is 6.10 Å². The Balaban J connectivity index is 1.90. The normalized spacial score (nSPS) is 18.6. The molecular formula is C19H17ClO4. The van der Waals surface area contributed by atoms with Crippen LogP contribution in [0.2, 0.25) is 5.02 Å². The molecule has 2 aromatic carbocycles. The van der Waals surface area contributed by atoms with Crippen molar-refractivity contribution in [1.29, 1.82) is 0 Å². The molecule has 0 radical (unpaired) electrons. The third kappa shape index (κ3) is 3.29. The Hall–Kier alpha value is -2.33.